The molecule has 0 bridgehead atoms. The van der Waals surface area contributed by atoms with E-state index in [-0.39, 0.29) is 6.29 Å². The van der Waals surface area contributed by atoms with Gasteiger partial charge in [0, 0.05) is 0 Å². The number of rotatable bonds is 5. The number of hydrogen-bond donors (Lipinski definition) is 4. The number of carbonyl (C=O) groups is 1. The van der Waals surface area contributed by atoms with E-state index in [1.165, 1.54) is 6.08 Å². The third-order valence-electron chi connectivity index (χ3n) is 1.53. The summed E-state index contributed by atoms with van der Waals surface area (Å²) in [6.07, 6.45) is -3.16. The SMILES string of the molecule is CCC=C(O)C(O)C(O)C(O)C=O. The Morgan fingerprint density at radius 2 is 1.92 bits per heavy atom. The van der Waals surface area contributed by atoms with E-state index in [4.69, 9.17) is 20.4 Å². The molecule has 0 aliphatic rings. The van der Waals surface area contributed by atoms with E-state index in [9.17, 15) is 4.79 Å². The minimum absolute atomic E-state index is 0.0904. The second-order valence-electron chi connectivity index (χ2n) is 2.60. The molecular formula is C8H14O5. The first-order chi connectivity index (χ1) is 6.04. The molecule has 3 unspecified atom stereocenters. The zero-order chi connectivity index (χ0) is 10.4. The summed E-state index contributed by atoms with van der Waals surface area (Å²) >= 11 is 0. The highest BCUT2D eigenvalue weighted by atomic mass is 16.4. The van der Waals surface area contributed by atoms with Gasteiger partial charge in [0.15, 0.2) is 6.29 Å². The van der Waals surface area contributed by atoms with Gasteiger partial charge in [-0.05, 0) is 12.5 Å². The summed E-state index contributed by atoms with van der Waals surface area (Å²) in [5, 5.41) is 36.0. The first-order valence-electron chi connectivity index (χ1n) is 3.93. The first kappa shape index (κ1) is 12.1. The molecule has 0 fully saturated rings. The van der Waals surface area contributed by atoms with Crippen molar-refractivity contribution in [1.29, 1.82) is 0 Å². The second-order valence-corrected chi connectivity index (χ2v) is 2.60. The van der Waals surface area contributed by atoms with Gasteiger partial charge >= 0.3 is 0 Å². The molecule has 0 aromatic carbocycles. The average molecular weight is 190 g/mol. The van der Waals surface area contributed by atoms with Gasteiger partial charge in [0.25, 0.3) is 0 Å². The van der Waals surface area contributed by atoms with Crippen LogP contribution in [0.4, 0.5) is 0 Å². The van der Waals surface area contributed by atoms with Crippen LogP contribution in [-0.2, 0) is 4.79 Å². The number of hydrogen-bond acceptors (Lipinski definition) is 5. The largest absolute Gasteiger partial charge is 0.510 e. The number of allylic oxidation sites excluding steroid dienone is 1. The van der Waals surface area contributed by atoms with Gasteiger partial charge in [-0.2, -0.15) is 0 Å². The van der Waals surface area contributed by atoms with Crippen LogP contribution in [0.5, 0.6) is 0 Å². The predicted octanol–water partition coefficient (Wildman–Crippen LogP) is -0.880. The molecule has 0 aromatic heterocycles. The summed E-state index contributed by atoms with van der Waals surface area (Å²) in [6, 6.07) is 0. The van der Waals surface area contributed by atoms with Crippen LogP contribution in [0.2, 0.25) is 0 Å². The van der Waals surface area contributed by atoms with Crippen LogP contribution in [-0.4, -0.2) is 45.0 Å². The Morgan fingerprint density at radius 3 is 2.31 bits per heavy atom. The Bertz CT molecular complexity index is 189. The molecule has 0 aromatic rings. The molecule has 13 heavy (non-hydrogen) atoms. The topological polar surface area (TPSA) is 98.0 Å². The lowest BCUT2D eigenvalue weighted by Crippen LogP contribution is -2.39. The van der Waals surface area contributed by atoms with E-state index in [0.29, 0.717) is 6.42 Å². The summed E-state index contributed by atoms with van der Waals surface area (Å²) in [6.45, 7) is 1.73. The monoisotopic (exact) mass is 190 g/mol. The Morgan fingerprint density at radius 1 is 1.38 bits per heavy atom. The van der Waals surface area contributed by atoms with Crippen LogP contribution in [0.25, 0.3) is 0 Å². The molecule has 0 amide bonds. The molecule has 0 heterocycles. The Labute approximate surface area is 75.9 Å². The molecule has 5 nitrogen and oxygen atoms in total. The first-order valence-corrected chi connectivity index (χ1v) is 3.93. The lowest BCUT2D eigenvalue weighted by molar-refractivity contribution is -0.125. The minimum Gasteiger partial charge on any atom is -0.510 e. The van der Waals surface area contributed by atoms with Crippen LogP contribution in [0.15, 0.2) is 11.8 Å². The van der Waals surface area contributed by atoms with Crippen molar-refractivity contribution in [3.05, 3.63) is 11.8 Å². The minimum atomic E-state index is -1.69. The molecule has 0 spiro atoms. The highest BCUT2D eigenvalue weighted by molar-refractivity contribution is 5.56. The van der Waals surface area contributed by atoms with Crippen molar-refractivity contribution in [3.8, 4) is 0 Å². The third-order valence-corrected chi connectivity index (χ3v) is 1.53. The van der Waals surface area contributed by atoms with Crippen LogP contribution >= 0.6 is 0 Å². The molecule has 0 saturated heterocycles. The Balaban J connectivity index is 4.32. The molecule has 0 rings (SSSR count). The van der Waals surface area contributed by atoms with Gasteiger partial charge in [-0.25, -0.2) is 0 Å². The lowest BCUT2D eigenvalue weighted by Gasteiger charge is -2.18. The Hall–Kier alpha value is -0.910. The maximum absolute atomic E-state index is 10.0. The molecular weight excluding hydrogens is 176 g/mol. The summed E-state index contributed by atoms with van der Waals surface area (Å²) < 4.78 is 0. The zero-order valence-corrected chi connectivity index (χ0v) is 7.29. The summed E-state index contributed by atoms with van der Waals surface area (Å²) in [4.78, 5) is 10.0. The molecule has 0 radical (unpaired) electrons. The van der Waals surface area contributed by atoms with Crippen molar-refractivity contribution >= 4 is 6.29 Å². The van der Waals surface area contributed by atoms with Gasteiger partial charge in [-0.15, -0.1) is 0 Å². The van der Waals surface area contributed by atoms with Gasteiger partial charge in [0.1, 0.15) is 24.1 Å². The molecule has 76 valence electrons. The fourth-order valence-corrected chi connectivity index (χ4v) is 0.772. The zero-order valence-electron chi connectivity index (χ0n) is 7.29. The fourth-order valence-electron chi connectivity index (χ4n) is 0.772. The molecule has 0 aliphatic carbocycles. The quantitative estimate of drug-likeness (QED) is 0.333. The third kappa shape index (κ3) is 3.54. The van der Waals surface area contributed by atoms with E-state index in [1.807, 2.05) is 0 Å². The number of aldehydes is 1. The molecule has 0 saturated carbocycles. The molecule has 0 aliphatic heterocycles. The van der Waals surface area contributed by atoms with E-state index >= 15 is 0 Å². The maximum Gasteiger partial charge on any atom is 0.151 e. The number of aliphatic hydroxyl groups excluding tert-OH is 4. The summed E-state index contributed by atoms with van der Waals surface area (Å²) in [7, 11) is 0. The van der Waals surface area contributed by atoms with Crippen LogP contribution in [0.3, 0.4) is 0 Å². The average Bonchev–Trinajstić information content (AvgIpc) is 2.14. The summed E-state index contributed by atoms with van der Waals surface area (Å²) in [5.41, 5.74) is 0. The standard InChI is InChI=1S/C8H14O5/c1-2-3-5(10)7(12)8(13)6(11)4-9/h3-4,6-8,10-13H,2H2,1H3. The molecule has 4 N–H and O–H groups in total. The fraction of sp³-hybridized carbons (Fsp3) is 0.625. The normalized spacial score (nSPS) is 19.2. The Kier molecular flexibility index (Phi) is 5.29. The molecule has 5 heteroatoms. The van der Waals surface area contributed by atoms with E-state index in [2.05, 4.69) is 0 Å². The van der Waals surface area contributed by atoms with Gasteiger partial charge in [-0.3, -0.25) is 0 Å². The van der Waals surface area contributed by atoms with Crippen LogP contribution in [0, 0.1) is 0 Å². The number of aliphatic hydroxyl groups is 4. The summed E-state index contributed by atoms with van der Waals surface area (Å²) in [5.74, 6) is -0.448. The van der Waals surface area contributed by atoms with Crippen molar-refractivity contribution in [3.63, 3.8) is 0 Å². The van der Waals surface area contributed by atoms with Crippen molar-refractivity contribution < 1.29 is 25.2 Å². The van der Waals surface area contributed by atoms with Crippen LogP contribution in [0.1, 0.15) is 13.3 Å². The highest BCUT2D eigenvalue weighted by Crippen LogP contribution is 2.07. The highest BCUT2D eigenvalue weighted by Gasteiger charge is 2.26. The van der Waals surface area contributed by atoms with Gasteiger partial charge in [-0.1, -0.05) is 6.92 Å². The maximum atomic E-state index is 10.0. The lowest BCUT2D eigenvalue weighted by atomic mass is 10.1. The van der Waals surface area contributed by atoms with Crippen molar-refractivity contribution in [2.75, 3.05) is 0 Å². The smallest absolute Gasteiger partial charge is 0.151 e. The van der Waals surface area contributed by atoms with Crippen LogP contribution < -0.4 is 0 Å². The van der Waals surface area contributed by atoms with E-state index in [0.717, 1.165) is 0 Å². The number of carbonyl (C=O) groups excluding carboxylic acids is 1. The van der Waals surface area contributed by atoms with Crippen molar-refractivity contribution in [2.24, 2.45) is 0 Å². The van der Waals surface area contributed by atoms with E-state index in [1.54, 1.807) is 6.92 Å². The predicted molar refractivity (Wildman–Crippen MR) is 45.1 cm³/mol. The van der Waals surface area contributed by atoms with Gasteiger partial charge in [0.05, 0.1) is 0 Å². The molecule has 3 atom stereocenters. The van der Waals surface area contributed by atoms with Gasteiger partial charge in [0.2, 0.25) is 0 Å². The van der Waals surface area contributed by atoms with Gasteiger partial charge < -0.3 is 25.2 Å². The van der Waals surface area contributed by atoms with Crippen molar-refractivity contribution in [2.45, 2.75) is 31.7 Å². The van der Waals surface area contributed by atoms with Crippen molar-refractivity contribution in [1.82, 2.24) is 0 Å². The van der Waals surface area contributed by atoms with E-state index < -0.39 is 24.1 Å². The second kappa shape index (κ2) is 5.69.